The molecule has 0 radical (unpaired) electrons. The maximum atomic E-state index is 13.4. The molecule has 0 spiro atoms. The molecule has 1 aliphatic heterocycles. The van der Waals surface area contributed by atoms with Crippen LogP contribution in [0.4, 0.5) is 5.69 Å². The number of ether oxygens (including phenoxy) is 2. The first-order valence-electron chi connectivity index (χ1n) is 11.6. The van der Waals surface area contributed by atoms with E-state index in [9.17, 15) is 14.7 Å². The van der Waals surface area contributed by atoms with Gasteiger partial charge in [-0.1, -0.05) is 50.2 Å². The van der Waals surface area contributed by atoms with Crippen LogP contribution in [0.25, 0.3) is 5.76 Å². The summed E-state index contributed by atoms with van der Waals surface area (Å²) in [4.78, 5) is 28.2. The molecule has 3 aromatic rings. The average Bonchev–Trinajstić information content (AvgIpc) is 3.14. The quantitative estimate of drug-likeness (QED) is 0.266. The normalized spacial score (nSPS) is 17.2. The third-order valence-corrected chi connectivity index (χ3v) is 6.13. The molecule has 1 aliphatic rings. The number of para-hydroxylation sites is 1. The lowest BCUT2D eigenvalue weighted by Gasteiger charge is -2.26. The second-order valence-electron chi connectivity index (χ2n) is 8.62. The van der Waals surface area contributed by atoms with E-state index in [4.69, 9.17) is 9.47 Å². The number of hydrogen-bond donors (Lipinski definition) is 1. The molecule has 0 bridgehead atoms. The van der Waals surface area contributed by atoms with E-state index in [-0.39, 0.29) is 11.3 Å². The molecule has 6 heteroatoms. The van der Waals surface area contributed by atoms with E-state index in [1.807, 2.05) is 49.4 Å². The molecule has 1 N–H and O–H groups in total. The van der Waals surface area contributed by atoms with Crippen LogP contribution in [-0.2, 0) is 9.59 Å². The number of amides is 1. The van der Waals surface area contributed by atoms with Crippen LogP contribution in [0.1, 0.15) is 49.4 Å². The van der Waals surface area contributed by atoms with Crippen molar-refractivity contribution < 1.29 is 24.2 Å². The average molecular weight is 472 g/mol. The number of anilines is 1. The van der Waals surface area contributed by atoms with Gasteiger partial charge in [-0.2, -0.15) is 0 Å². The lowest BCUT2D eigenvalue weighted by molar-refractivity contribution is -0.132. The molecule has 1 atom stereocenters. The minimum atomic E-state index is -0.842. The van der Waals surface area contributed by atoms with Crippen molar-refractivity contribution in [3.05, 3.63) is 95.1 Å². The third kappa shape index (κ3) is 4.52. The lowest BCUT2D eigenvalue weighted by atomic mass is 9.94. The Morgan fingerprint density at radius 2 is 1.71 bits per heavy atom. The Morgan fingerprint density at radius 3 is 2.37 bits per heavy atom. The van der Waals surface area contributed by atoms with Gasteiger partial charge in [-0.15, -0.1) is 0 Å². The van der Waals surface area contributed by atoms with E-state index >= 15 is 0 Å². The number of hydrogen-bond acceptors (Lipinski definition) is 5. The largest absolute Gasteiger partial charge is 0.507 e. The molecule has 0 saturated carbocycles. The fourth-order valence-corrected chi connectivity index (χ4v) is 4.36. The van der Waals surface area contributed by atoms with Crippen LogP contribution in [0.3, 0.4) is 0 Å². The van der Waals surface area contributed by atoms with Crippen molar-refractivity contribution in [2.24, 2.45) is 0 Å². The number of carbonyl (C=O) groups is 2. The number of benzene rings is 3. The second kappa shape index (κ2) is 10.1. The van der Waals surface area contributed by atoms with E-state index in [2.05, 4.69) is 13.8 Å². The van der Waals surface area contributed by atoms with Crippen molar-refractivity contribution in [1.29, 1.82) is 0 Å². The minimum absolute atomic E-state index is 0.00100. The highest BCUT2D eigenvalue weighted by atomic mass is 16.5. The van der Waals surface area contributed by atoms with Gasteiger partial charge in [0.1, 0.15) is 17.3 Å². The Labute approximate surface area is 205 Å². The lowest BCUT2D eigenvalue weighted by Crippen LogP contribution is -2.29. The van der Waals surface area contributed by atoms with Gasteiger partial charge >= 0.3 is 0 Å². The predicted molar refractivity (Wildman–Crippen MR) is 136 cm³/mol. The molecule has 1 fully saturated rings. The smallest absolute Gasteiger partial charge is 0.300 e. The molecule has 1 heterocycles. The number of aliphatic hydroxyl groups is 1. The summed E-state index contributed by atoms with van der Waals surface area (Å²) in [6, 6.07) is 20.8. The maximum absolute atomic E-state index is 13.4. The fraction of sp³-hybridized carbons (Fsp3) is 0.241. The van der Waals surface area contributed by atoms with Crippen molar-refractivity contribution in [2.75, 3.05) is 18.6 Å². The van der Waals surface area contributed by atoms with Crippen molar-refractivity contribution in [3.8, 4) is 11.5 Å². The zero-order valence-electron chi connectivity index (χ0n) is 20.3. The van der Waals surface area contributed by atoms with Crippen molar-refractivity contribution >= 4 is 23.1 Å². The highest BCUT2D eigenvalue weighted by molar-refractivity contribution is 6.51. The van der Waals surface area contributed by atoms with Crippen LogP contribution in [0.2, 0.25) is 0 Å². The summed E-state index contributed by atoms with van der Waals surface area (Å²) >= 11 is 0. The molecule has 0 aromatic heterocycles. The summed E-state index contributed by atoms with van der Waals surface area (Å²) < 4.78 is 11.1. The van der Waals surface area contributed by atoms with Crippen LogP contribution in [0.15, 0.2) is 78.4 Å². The van der Waals surface area contributed by atoms with Gasteiger partial charge < -0.3 is 14.6 Å². The highest BCUT2D eigenvalue weighted by Gasteiger charge is 2.47. The van der Waals surface area contributed by atoms with E-state index < -0.39 is 17.7 Å². The summed E-state index contributed by atoms with van der Waals surface area (Å²) in [5.41, 5.74) is 2.69. The SMILES string of the molecule is CCOc1cccc(C2/C(=C(/O)c3ccccc3OC)C(=O)C(=O)N2c2ccc(C(C)C)cc2)c1. The number of Topliss-reactive ketones (excluding diaryl/α,β-unsaturated/α-hetero) is 1. The third-order valence-electron chi connectivity index (χ3n) is 6.13. The zero-order chi connectivity index (χ0) is 25.1. The molecule has 180 valence electrons. The summed E-state index contributed by atoms with van der Waals surface area (Å²) in [6.07, 6.45) is 0. The molecule has 35 heavy (non-hydrogen) atoms. The summed E-state index contributed by atoms with van der Waals surface area (Å²) in [5, 5.41) is 11.4. The Kier molecular flexibility index (Phi) is 6.92. The standard InChI is InChI=1S/C29H29NO5/c1-5-35-22-10-8-9-20(17-22)26-25(27(31)23-11-6-7-12-24(23)34-4)28(32)29(33)30(26)21-15-13-19(14-16-21)18(2)3/h6-18,26,31H,5H2,1-4H3/b27-25-. The molecular weight excluding hydrogens is 442 g/mol. The van der Waals surface area contributed by atoms with Crippen molar-refractivity contribution in [2.45, 2.75) is 32.7 Å². The van der Waals surface area contributed by atoms with E-state index in [1.165, 1.54) is 12.0 Å². The number of rotatable bonds is 7. The molecule has 4 rings (SSSR count). The monoisotopic (exact) mass is 471 g/mol. The summed E-state index contributed by atoms with van der Waals surface area (Å²) in [5.74, 6) is -0.404. The van der Waals surface area contributed by atoms with Gasteiger partial charge in [-0.05, 0) is 60.4 Å². The minimum Gasteiger partial charge on any atom is -0.507 e. The van der Waals surface area contributed by atoms with Gasteiger partial charge in [-0.25, -0.2) is 0 Å². The zero-order valence-corrected chi connectivity index (χ0v) is 20.3. The van der Waals surface area contributed by atoms with Crippen molar-refractivity contribution in [3.63, 3.8) is 0 Å². The first-order valence-corrected chi connectivity index (χ1v) is 11.6. The Balaban J connectivity index is 1.94. The van der Waals surface area contributed by atoms with E-state index in [0.29, 0.717) is 40.8 Å². The number of aliphatic hydroxyl groups excluding tert-OH is 1. The molecule has 1 amide bonds. The Hall–Kier alpha value is -4.06. The van der Waals surface area contributed by atoms with E-state index in [1.54, 1.807) is 30.3 Å². The summed E-state index contributed by atoms with van der Waals surface area (Å²) in [6.45, 7) is 6.54. The molecule has 1 saturated heterocycles. The van der Waals surface area contributed by atoms with Crippen molar-refractivity contribution in [1.82, 2.24) is 0 Å². The molecule has 3 aromatic carbocycles. The number of carbonyl (C=O) groups excluding carboxylic acids is 2. The Bertz CT molecular complexity index is 1280. The first-order chi connectivity index (χ1) is 16.9. The fourth-order valence-electron chi connectivity index (χ4n) is 4.36. The van der Waals surface area contributed by atoms with Crippen LogP contribution >= 0.6 is 0 Å². The van der Waals surface area contributed by atoms with Gasteiger partial charge in [0.05, 0.1) is 30.9 Å². The molecule has 1 unspecified atom stereocenters. The van der Waals surface area contributed by atoms with Gasteiger partial charge in [0.2, 0.25) is 0 Å². The molecule has 6 nitrogen and oxygen atoms in total. The maximum Gasteiger partial charge on any atom is 0.300 e. The van der Waals surface area contributed by atoms with Gasteiger partial charge in [0, 0.05) is 5.69 Å². The molecular formula is C29H29NO5. The summed E-state index contributed by atoms with van der Waals surface area (Å²) in [7, 11) is 1.49. The molecule has 0 aliphatic carbocycles. The van der Waals surface area contributed by atoms with Gasteiger partial charge in [-0.3, -0.25) is 14.5 Å². The Morgan fingerprint density at radius 1 is 1.00 bits per heavy atom. The van der Waals surface area contributed by atoms with Gasteiger partial charge in [0.15, 0.2) is 0 Å². The first kappa shape index (κ1) is 24.1. The number of methoxy groups -OCH3 is 1. The highest BCUT2D eigenvalue weighted by Crippen LogP contribution is 2.44. The van der Waals surface area contributed by atoms with Gasteiger partial charge in [0.25, 0.3) is 11.7 Å². The topological polar surface area (TPSA) is 76.1 Å². The number of nitrogens with zero attached hydrogens (tertiary/aromatic N) is 1. The second-order valence-corrected chi connectivity index (χ2v) is 8.62. The number of ketones is 1. The van der Waals surface area contributed by atoms with Crippen LogP contribution in [0.5, 0.6) is 11.5 Å². The van der Waals surface area contributed by atoms with Crippen LogP contribution in [0, 0.1) is 0 Å². The van der Waals surface area contributed by atoms with E-state index in [0.717, 1.165) is 5.56 Å². The van der Waals surface area contributed by atoms with Crippen LogP contribution in [-0.4, -0.2) is 30.5 Å². The van der Waals surface area contributed by atoms with Crippen LogP contribution < -0.4 is 14.4 Å². The predicted octanol–water partition coefficient (Wildman–Crippen LogP) is 5.84.